The maximum atomic E-state index is 12.9. The summed E-state index contributed by atoms with van der Waals surface area (Å²) in [7, 11) is 1.56. The molecule has 3 aromatic rings. The van der Waals surface area contributed by atoms with E-state index in [2.05, 4.69) is 10.3 Å². The van der Waals surface area contributed by atoms with E-state index in [0.717, 1.165) is 0 Å². The number of para-hydroxylation sites is 3. The van der Waals surface area contributed by atoms with E-state index in [1.807, 2.05) is 44.2 Å². The average molecular weight is 398 g/mol. The van der Waals surface area contributed by atoms with Crippen LogP contribution in [-0.4, -0.2) is 27.8 Å². The molecule has 2 aromatic carbocycles. The number of aromatic nitrogens is 2. The quantitative estimate of drug-likeness (QED) is 0.501. The van der Waals surface area contributed by atoms with Gasteiger partial charge in [0.1, 0.15) is 5.75 Å². The Morgan fingerprint density at radius 2 is 1.79 bits per heavy atom. The van der Waals surface area contributed by atoms with Crippen molar-refractivity contribution in [2.24, 2.45) is 0 Å². The van der Waals surface area contributed by atoms with Gasteiger partial charge in [-0.2, -0.15) is 0 Å². The van der Waals surface area contributed by atoms with Crippen LogP contribution in [-0.2, 0) is 4.79 Å². The van der Waals surface area contributed by atoms with Crippen LogP contribution in [0.15, 0.2) is 58.5 Å². The van der Waals surface area contributed by atoms with Crippen LogP contribution in [0.2, 0.25) is 0 Å². The number of rotatable bonds is 6. The molecule has 0 bridgehead atoms. The van der Waals surface area contributed by atoms with Gasteiger partial charge >= 0.3 is 0 Å². The number of carbonyl (C=O) groups excluding carboxylic acids is 1. The van der Waals surface area contributed by atoms with Crippen molar-refractivity contribution in [3.8, 4) is 5.75 Å². The van der Waals surface area contributed by atoms with Crippen LogP contribution in [0.4, 0.5) is 5.69 Å². The first-order chi connectivity index (χ1) is 13.4. The normalized spacial score (nSPS) is 12.2. The Labute approximate surface area is 167 Å². The zero-order valence-corrected chi connectivity index (χ0v) is 17.1. The van der Waals surface area contributed by atoms with Crippen LogP contribution in [0.1, 0.15) is 26.8 Å². The van der Waals surface area contributed by atoms with Gasteiger partial charge in [0.2, 0.25) is 5.91 Å². The number of fused-ring (bicyclic) bond motifs is 1. The smallest absolute Gasteiger partial charge is 0.262 e. The molecule has 0 saturated heterocycles. The lowest BCUT2D eigenvalue weighted by Gasteiger charge is -2.19. The third-order valence-corrected chi connectivity index (χ3v) is 5.37. The van der Waals surface area contributed by atoms with E-state index in [1.54, 1.807) is 36.8 Å². The minimum atomic E-state index is -0.456. The van der Waals surface area contributed by atoms with E-state index in [0.29, 0.717) is 27.5 Å². The minimum Gasteiger partial charge on any atom is -0.495 e. The summed E-state index contributed by atoms with van der Waals surface area (Å²) in [4.78, 5) is 30.3. The maximum Gasteiger partial charge on any atom is 0.262 e. The summed E-state index contributed by atoms with van der Waals surface area (Å²) >= 11 is 1.27. The molecule has 6 nitrogen and oxygen atoms in total. The fourth-order valence-corrected chi connectivity index (χ4v) is 3.90. The molecule has 0 aliphatic rings. The van der Waals surface area contributed by atoms with Crippen molar-refractivity contribution < 1.29 is 9.53 Å². The van der Waals surface area contributed by atoms with Gasteiger partial charge in [-0.1, -0.05) is 36.0 Å². The molecule has 1 aromatic heterocycles. The second-order valence-corrected chi connectivity index (χ2v) is 7.94. The Bertz CT molecular complexity index is 1060. The molecule has 1 amide bonds. The number of nitrogens with one attached hydrogen (secondary N) is 1. The largest absolute Gasteiger partial charge is 0.495 e. The molecule has 0 spiro atoms. The van der Waals surface area contributed by atoms with Gasteiger partial charge in [0, 0.05) is 6.04 Å². The molecule has 0 saturated carbocycles. The number of ether oxygens (including phenoxy) is 1. The Kier molecular flexibility index (Phi) is 6.04. The van der Waals surface area contributed by atoms with E-state index in [1.165, 1.54) is 11.8 Å². The fraction of sp³-hybridized carbons (Fsp3) is 0.286. The van der Waals surface area contributed by atoms with Crippen molar-refractivity contribution >= 4 is 34.3 Å². The molecule has 3 rings (SSSR count). The van der Waals surface area contributed by atoms with Gasteiger partial charge in [-0.15, -0.1) is 0 Å². The highest BCUT2D eigenvalue weighted by molar-refractivity contribution is 8.00. The Morgan fingerprint density at radius 3 is 2.50 bits per heavy atom. The number of nitrogens with zero attached hydrogens (tertiary/aromatic N) is 2. The number of carbonyl (C=O) groups is 1. The molecule has 146 valence electrons. The summed E-state index contributed by atoms with van der Waals surface area (Å²) in [5.74, 6) is 0.406. The van der Waals surface area contributed by atoms with Crippen LogP contribution >= 0.6 is 11.8 Å². The molecule has 0 aliphatic heterocycles. The predicted molar refractivity (Wildman–Crippen MR) is 113 cm³/mol. The van der Waals surface area contributed by atoms with Gasteiger partial charge in [-0.3, -0.25) is 14.2 Å². The summed E-state index contributed by atoms with van der Waals surface area (Å²) in [6.45, 7) is 5.66. The molecule has 28 heavy (non-hydrogen) atoms. The Morgan fingerprint density at radius 1 is 1.11 bits per heavy atom. The third kappa shape index (κ3) is 4.04. The second-order valence-electron chi connectivity index (χ2n) is 6.63. The first kappa shape index (κ1) is 19.9. The van der Waals surface area contributed by atoms with Crippen LogP contribution in [0.25, 0.3) is 10.9 Å². The topological polar surface area (TPSA) is 73.2 Å². The molecule has 1 atom stereocenters. The summed E-state index contributed by atoms with van der Waals surface area (Å²) < 4.78 is 6.92. The number of benzene rings is 2. The Balaban J connectivity index is 1.90. The van der Waals surface area contributed by atoms with Crippen LogP contribution in [0.5, 0.6) is 5.75 Å². The number of thioether (sulfide) groups is 1. The van der Waals surface area contributed by atoms with Gasteiger partial charge in [0.05, 0.1) is 29.0 Å². The summed E-state index contributed by atoms with van der Waals surface area (Å²) in [5.41, 5.74) is 1.14. The van der Waals surface area contributed by atoms with E-state index in [9.17, 15) is 9.59 Å². The lowest BCUT2D eigenvalue weighted by Crippen LogP contribution is -2.28. The highest BCUT2D eigenvalue weighted by atomic mass is 32.2. The van der Waals surface area contributed by atoms with Crippen molar-refractivity contribution in [1.29, 1.82) is 0 Å². The minimum absolute atomic E-state index is 0.0726. The maximum absolute atomic E-state index is 12.9. The van der Waals surface area contributed by atoms with Gasteiger partial charge in [0.25, 0.3) is 5.56 Å². The van der Waals surface area contributed by atoms with Crippen LogP contribution in [0.3, 0.4) is 0 Å². The average Bonchev–Trinajstić information content (AvgIpc) is 2.68. The molecule has 1 N–H and O–H groups in total. The molecule has 1 heterocycles. The number of hydrogen-bond acceptors (Lipinski definition) is 5. The number of amides is 1. The zero-order valence-electron chi connectivity index (χ0n) is 16.3. The van der Waals surface area contributed by atoms with E-state index < -0.39 is 5.25 Å². The number of hydrogen-bond donors (Lipinski definition) is 1. The summed E-state index contributed by atoms with van der Waals surface area (Å²) in [5, 5.41) is 3.53. The standard InChI is InChI=1S/C21H23N3O3S/c1-13(2)24-20(26)15-9-5-6-10-16(15)23-21(24)28-14(3)19(25)22-17-11-7-8-12-18(17)27-4/h5-14H,1-4H3,(H,22,25). The van der Waals surface area contributed by atoms with Crippen molar-refractivity contribution in [2.75, 3.05) is 12.4 Å². The van der Waals surface area contributed by atoms with Crippen molar-refractivity contribution in [3.05, 3.63) is 58.9 Å². The fourth-order valence-electron chi connectivity index (χ4n) is 2.86. The zero-order chi connectivity index (χ0) is 20.3. The van der Waals surface area contributed by atoms with Gasteiger partial charge in [-0.05, 0) is 45.0 Å². The third-order valence-electron chi connectivity index (χ3n) is 4.31. The first-order valence-corrected chi connectivity index (χ1v) is 9.92. The molecular weight excluding hydrogens is 374 g/mol. The monoisotopic (exact) mass is 397 g/mol. The number of methoxy groups -OCH3 is 1. The van der Waals surface area contributed by atoms with Crippen molar-refractivity contribution in [2.45, 2.75) is 37.2 Å². The highest BCUT2D eigenvalue weighted by Gasteiger charge is 2.21. The first-order valence-electron chi connectivity index (χ1n) is 9.04. The Hall–Kier alpha value is -2.80. The van der Waals surface area contributed by atoms with Crippen molar-refractivity contribution in [1.82, 2.24) is 9.55 Å². The van der Waals surface area contributed by atoms with E-state index in [-0.39, 0.29) is 17.5 Å². The van der Waals surface area contributed by atoms with E-state index in [4.69, 9.17) is 4.74 Å². The molecule has 0 fully saturated rings. The second kappa shape index (κ2) is 8.48. The van der Waals surface area contributed by atoms with Crippen LogP contribution < -0.4 is 15.6 Å². The summed E-state index contributed by atoms with van der Waals surface area (Å²) in [6.07, 6.45) is 0. The SMILES string of the molecule is COc1ccccc1NC(=O)C(C)Sc1nc2ccccc2c(=O)n1C(C)C. The van der Waals surface area contributed by atoms with Gasteiger partial charge in [-0.25, -0.2) is 4.98 Å². The molecular formula is C21H23N3O3S. The lowest BCUT2D eigenvalue weighted by molar-refractivity contribution is -0.115. The lowest BCUT2D eigenvalue weighted by atomic mass is 10.2. The molecule has 0 aliphatic carbocycles. The summed E-state index contributed by atoms with van der Waals surface area (Å²) in [6, 6.07) is 14.4. The predicted octanol–water partition coefficient (Wildman–Crippen LogP) is 4.11. The van der Waals surface area contributed by atoms with Gasteiger partial charge < -0.3 is 10.1 Å². The molecule has 0 radical (unpaired) electrons. The van der Waals surface area contributed by atoms with Crippen LogP contribution in [0, 0.1) is 0 Å². The van der Waals surface area contributed by atoms with Crippen molar-refractivity contribution in [3.63, 3.8) is 0 Å². The number of anilines is 1. The molecule has 7 heteroatoms. The highest BCUT2D eigenvalue weighted by Crippen LogP contribution is 2.28. The molecule has 1 unspecified atom stereocenters. The van der Waals surface area contributed by atoms with Gasteiger partial charge in [0.15, 0.2) is 5.16 Å². The van der Waals surface area contributed by atoms with E-state index >= 15 is 0 Å².